The van der Waals surface area contributed by atoms with E-state index < -0.39 is 10.0 Å². The Balaban J connectivity index is 1.74. The lowest BCUT2D eigenvalue weighted by Gasteiger charge is -2.30. The van der Waals surface area contributed by atoms with Crippen molar-refractivity contribution in [3.8, 4) is 0 Å². The van der Waals surface area contributed by atoms with Crippen molar-refractivity contribution in [2.45, 2.75) is 81.7 Å². The van der Waals surface area contributed by atoms with Crippen molar-refractivity contribution in [3.05, 3.63) is 29.8 Å². The largest absolute Gasteiger partial charge is 0.349 e. The summed E-state index contributed by atoms with van der Waals surface area (Å²) in [7, 11) is -1.92. The summed E-state index contributed by atoms with van der Waals surface area (Å²) in [5, 5.41) is 3.11. The third kappa shape index (κ3) is 4.72. The summed E-state index contributed by atoms with van der Waals surface area (Å²) in [5.41, 5.74) is 0.422. The summed E-state index contributed by atoms with van der Waals surface area (Å²) in [4.78, 5) is 12.9. The first kappa shape index (κ1) is 20.3. The number of nitrogens with zero attached hydrogens (tertiary/aromatic N) is 1. The molecular formula is C21H32N2O3S. The molecule has 1 aromatic rings. The lowest BCUT2D eigenvalue weighted by Crippen LogP contribution is -2.41. The van der Waals surface area contributed by atoms with Crippen molar-refractivity contribution in [3.63, 3.8) is 0 Å². The van der Waals surface area contributed by atoms with Gasteiger partial charge in [0.2, 0.25) is 10.0 Å². The third-order valence-corrected chi connectivity index (χ3v) is 8.20. The summed E-state index contributed by atoms with van der Waals surface area (Å²) in [6.07, 6.45) is 9.63. The summed E-state index contributed by atoms with van der Waals surface area (Å²) >= 11 is 0. The summed E-state index contributed by atoms with van der Waals surface area (Å²) in [5.74, 6) is 0.290. The highest BCUT2D eigenvalue weighted by atomic mass is 32.2. The van der Waals surface area contributed by atoms with Crippen molar-refractivity contribution < 1.29 is 13.2 Å². The van der Waals surface area contributed by atoms with Gasteiger partial charge in [0.05, 0.1) is 4.90 Å². The molecule has 0 radical (unpaired) electrons. The highest BCUT2D eigenvalue weighted by Crippen LogP contribution is 2.27. The molecular weight excluding hydrogens is 360 g/mol. The average Bonchev–Trinajstić information content (AvgIpc) is 2.70. The molecule has 5 nitrogen and oxygen atoms in total. The smallest absolute Gasteiger partial charge is 0.251 e. The van der Waals surface area contributed by atoms with E-state index in [4.69, 9.17) is 0 Å². The fourth-order valence-corrected chi connectivity index (χ4v) is 5.85. The molecule has 150 valence electrons. The fraction of sp³-hybridized carbons (Fsp3) is 0.667. The van der Waals surface area contributed by atoms with Gasteiger partial charge in [0, 0.05) is 24.7 Å². The number of amides is 1. The number of carbonyl (C=O) groups excluding carboxylic acids is 1. The first-order valence-electron chi connectivity index (χ1n) is 10.3. The lowest BCUT2D eigenvalue weighted by molar-refractivity contribution is 0.0910. The second-order valence-electron chi connectivity index (χ2n) is 8.18. The van der Waals surface area contributed by atoms with E-state index in [1.807, 2.05) is 0 Å². The minimum Gasteiger partial charge on any atom is -0.349 e. The first-order chi connectivity index (χ1) is 12.9. The molecule has 2 fully saturated rings. The molecule has 0 heterocycles. The molecule has 1 amide bonds. The molecule has 0 aromatic heterocycles. The fourth-order valence-electron chi connectivity index (χ4n) is 4.39. The van der Waals surface area contributed by atoms with Crippen LogP contribution in [0.3, 0.4) is 0 Å². The van der Waals surface area contributed by atoms with E-state index in [-0.39, 0.29) is 22.9 Å². The SMILES string of the molecule is C[C@H]1CCCC[C@H]1NC(=O)c1cccc(S(=O)(=O)N(C)C2CCCCC2)c1. The van der Waals surface area contributed by atoms with Gasteiger partial charge in [-0.3, -0.25) is 4.79 Å². The molecule has 0 unspecified atom stereocenters. The van der Waals surface area contributed by atoms with Gasteiger partial charge in [-0.15, -0.1) is 0 Å². The Morgan fingerprint density at radius 2 is 1.70 bits per heavy atom. The minimum atomic E-state index is -3.59. The topological polar surface area (TPSA) is 66.5 Å². The van der Waals surface area contributed by atoms with Crippen molar-refractivity contribution in [1.82, 2.24) is 9.62 Å². The Hall–Kier alpha value is -1.40. The van der Waals surface area contributed by atoms with Gasteiger partial charge in [0.15, 0.2) is 0 Å². The van der Waals surface area contributed by atoms with Crippen LogP contribution in [-0.2, 0) is 10.0 Å². The van der Waals surface area contributed by atoms with E-state index in [9.17, 15) is 13.2 Å². The van der Waals surface area contributed by atoms with Gasteiger partial charge in [-0.1, -0.05) is 45.1 Å². The number of rotatable bonds is 5. The molecule has 6 heteroatoms. The Kier molecular flexibility index (Phi) is 6.58. The van der Waals surface area contributed by atoms with Crippen LogP contribution in [0.1, 0.15) is 75.1 Å². The van der Waals surface area contributed by atoms with E-state index in [1.54, 1.807) is 25.2 Å². The Bertz CT molecular complexity index is 756. The van der Waals surface area contributed by atoms with Gasteiger partial charge < -0.3 is 5.32 Å². The third-order valence-electron chi connectivity index (χ3n) is 6.29. The van der Waals surface area contributed by atoms with Crippen molar-refractivity contribution in [2.24, 2.45) is 5.92 Å². The van der Waals surface area contributed by atoms with Crippen LogP contribution < -0.4 is 5.32 Å². The van der Waals surface area contributed by atoms with Gasteiger partial charge in [-0.25, -0.2) is 8.42 Å². The molecule has 3 rings (SSSR count). The molecule has 1 N–H and O–H groups in total. The molecule has 0 spiro atoms. The second kappa shape index (κ2) is 8.74. The quantitative estimate of drug-likeness (QED) is 0.825. The predicted molar refractivity (Wildman–Crippen MR) is 107 cm³/mol. The van der Waals surface area contributed by atoms with Crippen molar-refractivity contribution >= 4 is 15.9 Å². The minimum absolute atomic E-state index is 0.0596. The van der Waals surface area contributed by atoms with Crippen LogP contribution in [0, 0.1) is 5.92 Å². The highest BCUT2D eigenvalue weighted by Gasteiger charge is 2.30. The van der Waals surface area contributed by atoms with Crippen LogP contribution in [0.5, 0.6) is 0 Å². The summed E-state index contributed by atoms with van der Waals surface area (Å²) < 4.78 is 27.6. The molecule has 2 atom stereocenters. The zero-order valence-corrected chi connectivity index (χ0v) is 17.3. The molecule has 2 saturated carbocycles. The summed E-state index contributed by atoms with van der Waals surface area (Å²) in [6, 6.07) is 6.72. The Morgan fingerprint density at radius 1 is 1.04 bits per heavy atom. The Labute approximate surface area is 163 Å². The van der Waals surface area contributed by atoms with E-state index >= 15 is 0 Å². The molecule has 27 heavy (non-hydrogen) atoms. The zero-order chi connectivity index (χ0) is 19.4. The van der Waals surface area contributed by atoms with Gasteiger partial charge in [0.25, 0.3) is 5.91 Å². The first-order valence-corrected chi connectivity index (χ1v) is 11.7. The molecule has 2 aliphatic carbocycles. The molecule has 1 aromatic carbocycles. The van der Waals surface area contributed by atoms with Gasteiger partial charge >= 0.3 is 0 Å². The predicted octanol–water partition coefficient (Wildman–Crippen LogP) is 3.95. The molecule has 2 aliphatic rings. The zero-order valence-electron chi connectivity index (χ0n) is 16.5. The van der Waals surface area contributed by atoms with Crippen LogP contribution in [0.15, 0.2) is 29.2 Å². The molecule has 0 bridgehead atoms. The second-order valence-corrected chi connectivity index (χ2v) is 10.2. The van der Waals surface area contributed by atoms with Gasteiger partial charge in [-0.2, -0.15) is 4.31 Å². The van der Waals surface area contributed by atoms with Crippen molar-refractivity contribution in [2.75, 3.05) is 7.05 Å². The Morgan fingerprint density at radius 3 is 2.41 bits per heavy atom. The summed E-state index contributed by atoms with van der Waals surface area (Å²) in [6.45, 7) is 2.17. The van der Waals surface area contributed by atoms with Crippen LogP contribution in [0.2, 0.25) is 0 Å². The van der Waals surface area contributed by atoms with E-state index in [0.717, 1.165) is 44.9 Å². The number of benzene rings is 1. The van der Waals surface area contributed by atoms with Crippen molar-refractivity contribution in [1.29, 1.82) is 0 Å². The highest BCUT2D eigenvalue weighted by molar-refractivity contribution is 7.89. The monoisotopic (exact) mass is 392 g/mol. The number of sulfonamides is 1. The normalized spacial score (nSPS) is 24.7. The number of hydrogen-bond acceptors (Lipinski definition) is 3. The average molecular weight is 393 g/mol. The van der Waals surface area contributed by atoms with E-state index in [1.165, 1.54) is 23.2 Å². The van der Waals surface area contributed by atoms with Gasteiger partial charge in [-0.05, 0) is 49.8 Å². The van der Waals surface area contributed by atoms with Gasteiger partial charge in [0.1, 0.15) is 0 Å². The molecule has 0 saturated heterocycles. The van der Waals surface area contributed by atoms with Crippen LogP contribution in [0.25, 0.3) is 0 Å². The van der Waals surface area contributed by atoms with Crippen LogP contribution >= 0.6 is 0 Å². The number of hydrogen-bond donors (Lipinski definition) is 1. The number of nitrogens with one attached hydrogen (secondary N) is 1. The maximum atomic E-state index is 13.0. The van der Waals surface area contributed by atoms with Crippen LogP contribution in [0.4, 0.5) is 0 Å². The standard InChI is InChI=1S/C21H32N2O3S/c1-16-9-6-7-14-20(16)22-21(24)17-10-8-13-19(15-17)27(25,26)23(2)18-11-4-3-5-12-18/h8,10,13,15-16,18,20H,3-7,9,11-12,14H2,1-2H3,(H,22,24)/t16-,20+/m0/s1. The maximum absolute atomic E-state index is 13.0. The number of carbonyl (C=O) groups is 1. The lowest BCUT2D eigenvalue weighted by atomic mass is 9.86. The van der Waals surface area contributed by atoms with E-state index in [2.05, 4.69) is 12.2 Å². The molecule has 0 aliphatic heterocycles. The maximum Gasteiger partial charge on any atom is 0.251 e. The van der Waals surface area contributed by atoms with Crippen LogP contribution in [-0.4, -0.2) is 37.8 Å². The van der Waals surface area contributed by atoms with E-state index in [0.29, 0.717) is 11.5 Å².